The highest BCUT2D eigenvalue weighted by atomic mass is 16.5. The van der Waals surface area contributed by atoms with Crippen molar-refractivity contribution in [3.63, 3.8) is 0 Å². The first kappa shape index (κ1) is 16.2. The number of amides is 1. The maximum atomic E-state index is 12.0. The van der Waals surface area contributed by atoms with Crippen LogP contribution in [-0.2, 0) is 11.3 Å². The number of nitrogens with one attached hydrogen (secondary N) is 1. The number of aromatic nitrogens is 3. The molecule has 0 saturated carbocycles. The Balaban J connectivity index is 1.72. The first-order chi connectivity index (χ1) is 12.1. The Morgan fingerprint density at radius 1 is 1.12 bits per heavy atom. The molecule has 0 radical (unpaired) electrons. The molecule has 2 heterocycles. The van der Waals surface area contributed by atoms with Crippen molar-refractivity contribution in [2.45, 2.75) is 6.61 Å². The Morgan fingerprint density at radius 2 is 1.92 bits per heavy atom. The molecule has 0 fully saturated rings. The number of ether oxygens (including phenoxy) is 1. The third-order valence-electron chi connectivity index (χ3n) is 3.26. The fourth-order valence-electron chi connectivity index (χ4n) is 2.10. The minimum Gasteiger partial charge on any atom is -0.476 e. The highest BCUT2D eigenvalue weighted by molar-refractivity contribution is 5.87. The maximum Gasteiger partial charge on any atom is 0.412 e. The molecule has 8 heteroatoms. The molecule has 126 valence electrons. The standard InChI is InChI=1S/C17H14N4O4/c22-16(23)14-8-10-21(20-14)15-13(7-4-9-18-15)19-17(24)25-11-12-5-2-1-3-6-12/h1-10H,11H2,(H,19,24)(H,22,23). The normalized spacial score (nSPS) is 10.2. The van der Waals surface area contributed by atoms with Gasteiger partial charge in [0.25, 0.3) is 0 Å². The van der Waals surface area contributed by atoms with Crippen LogP contribution in [0.4, 0.5) is 10.5 Å². The highest BCUT2D eigenvalue weighted by Gasteiger charge is 2.13. The largest absolute Gasteiger partial charge is 0.476 e. The van der Waals surface area contributed by atoms with Crippen LogP contribution in [0.5, 0.6) is 0 Å². The Hall–Kier alpha value is -3.68. The lowest BCUT2D eigenvalue weighted by Gasteiger charge is -2.10. The van der Waals surface area contributed by atoms with Crippen molar-refractivity contribution in [3.05, 3.63) is 72.2 Å². The summed E-state index contributed by atoms with van der Waals surface area (Å²) in [6.07, 6.45) is 2.31. The lowest BCUT2D eigenvalue weighted by Crippen LogP contribution is -2.16. The molecule has 0 spiro atoms. The summed E-state index contributed by atoms with van der Waals surface area (Å²) in [6, 6.07) is 13.9. The van der Waals surface area contributed by atoms with E-state index in [1.165, 1.54) is 23.1 Å². The number of rotatable bonds is 5. The molecule has 1 amide bonds. The summed E-state index contributed by atoms with van der Waals surface area (Å²) in [7, 11) is 0. The van der Waals surface area contributed by atoms with E-state index in [2.05, 4.69) is 15.4 Å². The van der Waals surface area contributed by atoms with Crippen molar-refractivity contribution < 1.29 is 19.4 Å². The third-order valence-corrected chi connectivity index (χ3v) is 3.26. The molecule has 2 N–H and O–H groups in total. The smallest absolute Gasteiger partial charge is 0.412 e. The number of carboxylic acids is 1. The van der Waals surface area contributed by atoms with Gasteiger partial charge >= 0.3 is 12.1 Å². The Bertz CT molecular complexity index is 892. The van der Waals surface area contributed by atoms with Crippen molar-refractivity contribution in [2.24, 2.45) is 0 Å². The average Bonchev–Trinajstić information content (AvgIpc) is 3.12. The minimum absolute atomic E-state index is 0.122. The Kier molecular flexibility index (Phi) is 4.70. The number of hydrogen-bond acceptors (Lipinski definition) is 5. The van der Waals surface area contributed by atoms with Crippen LogP contribution < -0.4 is 5.32 Å². The minimum atomic E-state index is -1.15. The Labute approximate surface area is 142 Å². The molecular formula is C17H14N4O4. The predicted molar refractivity (Wildman–Crippen MR) is 88.6 cm³/mol. The van der Waals surface area contributed by atoms with Crippen molar-refractivity contribution >= 4 is 17.7 Å². The lowest BCUT2D eigenvalue weighted by atomic mass is 10.2. The van der Waals surface area contributed by atoms with Crippen molar-refractivity contribution in [3.8, 4) is 5.82 Å². The van der Waals surface area contributed by atoms with Gasteiger partial charge in [0.1, 0.15) is 6.61 Å². The number of carboxylic acid groups (broad SMARTS) is 1. The van der Waals surface area contributed by atoms with Crippen molar-refractivity contribution in [2.75, 3.05) is 5.32 Å². The van der Waals surface area contributed by atoms with Crippen LogP contribution in [0, 0.1) is 0 Å². The zero-order chi connectivity index (χ0) is 17.6. The van der Waals surface area contributed by atoms with Crippen LogP contribution in [0.2, 0.25) is 0 Å². The van der Waals surface area contributed by atoms with E-state index in [1.807, 2.05) is 30.3 Å². The summed E-state index contributed by atoms with van der Waals surface area (Å²) in [5, 5.41) is 15.4. The quantitative estimate of drug-likeness (QED) is 0.741. The van der Waals surface area contributed by atoms with Crippen LogP contribution in [-0.4, -0.2) is 31.9 Å². The molecule has 3 aromatic rings. The number of anilines is 1. The molecule has 0 unspecified atom stereocenters. The molecule has 0 aliphatic heterocycles. The molecule has 8 nitrogen and oxygen atoms in total. The average molecular weight is 338 g/mol. The van der Waals surface area contributed by atoms with Gasteiger partial charge in [0.15, 0.2) is 11.5 Å². The second kappa shape index (κ2) is 7.26. The summed E-state index contributed by atoms with van der Waals surface area (Å²) in [5.41, 5.74) is 1.09. The maximum absolute atomic E-state index is 12.0. The number of hydrogen-bond donors (Lipinski definition) is 2. The molecule has 2 aromatic heterocycles. The number of nitrogens with zero attached hydrogens (tertiary/aromatic N) is 3. The number of carbonyl (C=O) groups is 2. The van der Waals surface area contributed by atoms with E-state index in [4.69, 9.17) is 9.84 Å². The molecule has 0 saturated heterocycles. The van der Waals surface area contributed by atoms with E-state index in [-0.39, 0.29) is 18.1 Å². The second-order valence-electron chi connectivity index (χ2n) is 5.01. The van der Waals surface area contributed by atoms with Crippen LogP contribution in [0.25, 0.3) is 5.82 Å². The van der Waals surface area contributed by atoms with Crippen LogP contribution in [0.1, 0.15) is 16.1 Å². The van der Waals surface area contributed by atoms with Gasteiger partial charge in [-0.05, 0) is 23.8 Å². The van der Waals surface area contributed by atoms with E-state index in [0.717, 1.165) is 5.56 Å². The monoisotopic (exact) mass is 338 g/mol. The second-order valence-corrected chi connectivity index (χ2v) is 5.01. The fraction of sp³-hybridized carbons (Fsp3) is 0.0588. The highest BCUT2D eigenvalue weighted by Crippen LogP contribution is 2.17. The summed E-state index contributed by atoms with van der Waals surface area (Å²) in [6.45, 7) is 0.132. The van der Waals surface area contributed by atoms with E-state index in [1.54, 1.807) is 12.1 Å². The van der Waals surface area contributed by atoms with Gasteiger partial charge in [0.2, 0.25) is 0 Å². The lowest BCUT2D eigenvalue weighted by molar-refractivity contribution is 0.0690. The number of pyridine rings is 1. The topological polar surface area (TPSA) is 106 Å². The van der Waals surface area contributed by atoms with E-state index in [9.17, 15) is 9.59 Å². The van der Waals surface area contributed by atoms with Gasteiger partial charge in [-0.25, -0.2) is 19.3 Å². The van der Waals surface area contributed by atoms with Gasteiger partial charge in [-0.3, -0.25) is 5.32 Å². The molecule has 0 aliphatic rings. The van der Waals surface area contributed by atoms with Crippen molar-refractivity contribution in [1.29, 1.82) is 0 Å². The molecule has 3 rings (SSSR count). The molecule has 0 aliphatic carbocycles. The summed E-state index contributed by atoms with van der Waals surface area (Å²) in [5.74, 6) is -0.863. The third kappa shape index (κ3) is 3.99. The van der Waals surface area contributed by atoms with Gasteiger partial charge in [-0.2, -0.15) is 5.10 Å². The van der Waals surface area contributed by atoms with Gasteiger partial charge in [0.05, 0.1) is 5.69 Å². The summed E-state index contributed by atoms with van der Waals surface area (Å²) >= 11 is 0. The SMILES string of the molecule is O=C(Nc1cccnc1-n1ccc(C(=O)O)n1)OCc1ccccc1. The Morgan fingerprint density at radius 3 is 2.64 bits per heavy atom. The van der Waals surface area contributed by atoms with E-state index >= 15 is 0 Å². The fourth-order valence-corrected chi connectivity index (χ4v) is 2.10. The molecular weight excluding hydrogens is 324 g/mol. The van der Waals surface area contributed by atoms with Gasteiger partial charge in [-0.15, -0.1) is 0 Å². The summed E-state index contributed by atoms with van der Waals surface area (Å²) < 4.78 is 6.44. The number of benzene rings is 1. The number of aromatic carboxylic acids is 1. The van der Waals surface area contributed by atoms with Crippen molar-refractivity contribution in [1.82, 2.24) is 14.8 Å². The van der Waals surface area contributed by atoms with Crippen LogP contribution in [0.3, 0.4) is 0 Å². The molecule has 25 heavy (non-hydrogen) atoms. The zero-order valence-corrected chi connectivity index (χ0v) is 13.0. The van der Waals surface area contributed by atoms with Crippen LogP contribution in [0.15, 0.2) is 60.9 Å². The van der Waals surface area contributed by atoms with E-state index in [0.29, 0.717) is 5.69 Å². The summed E-state index contributed by atoms with van der Waals surface area (Å²) in [4.78, 5) is 27.1. The number of carbonyl (C=O) groups excluding carboxylic acids is 1. The molecule has 0 atom stereocenters. The van der Waals surface area contributed by atoms with Gasteiger partial charge < -0.3 is 9.84 Å². The first-order valence-electron chi connectivity index (χ1n) is 7.35. The van der Waals surface area contributed by atoms with Crippen LogP contribution >= 0.6 is 0 Å². The van der Waals surface area contributed by atoms with Gasteiger partial charge in [0, 0.05) is 12.4 Å². The zero-order valence-electron chi connectivity index (χ0n) is 13.0. The first-order valence-corrected chi connectivity index (χ1v) is 7.35. The predicted octanol–water partition coefficient (Wildman–Crippen LogP) is 2.71. The van der Waals surface area contributed by atoms with Gasteiger partial charge in [-0.1, -0.05) is 30.3 Å². The van der Waals surface area contributed by atoms with E-state index < -0.39 is 12.1 Å². The molecule has 1 aromatic carbocycles. The molecule has 0 bridgehead atoms.